The number of nitrogens with one attached hydrogen (secondary N) is 2. The number of anilines is 2. The SMILES string of the molecule is Cc1ccc(Oc2ccc(NC(=O)CCC(=O)OCC(=O)Nc3cccc(Cl)c3C)cc2)cc1C. The van der Waals surface area contributed by atoms with Gasteiger partial charge >= 0.3 is 5.97 Å². The highest BCUT2D eigenvalue weighted by Crippen LogP contribution is 2.25. The van der Waals surface area contributed by atoms with Gasteiger partial charge < -0.3 is 20.1 Å². The second-order valence-corrected chi connectivity index (χ2v) is 8.45. The molecule has 0 saturated carbocycles. The number of rotatable bonds is 9. The molecule has 0 aromatic heterocycles. The molecule has 0 bridgehead atoms. The second-order valence-electron chi connectivity index (χ2n) is 8.04. The summed E-state index contributed by atoms with van der Waals surface area (Å²) >= 11 is 6.02. The van der Waals surface area contributed by atoms with Crippen molar-refractivity contribution in [2.75, 3.05) is 17.2 Å². The summed E-state index contributed by atoms with van der Waals surface area (Å²) in [4.78, 5) is 36.1. The van der Waals surface area contributed by atoms with Crippen LogP contribution < -0.4 is 15.4 Å². The minimum absolute atomic E-state index is 0.0747. The van der Waals surface area contributed by atoms with Gasteiger partial charge in [-0.05, 0) is 86.0 Å². The average Bonchev–Trinajstić information content (AvgIpc) is 2.83. The summed E-state index contributed by atoms with van der Waals surface area (Å²) in [5, 5.41) is 5.88. The maximum absolute atomic E-state index is 12.2. The number of hydrogen-bond acceptors (Lipinski definition) is 5. The Morgan fingerprint density at radius 3 is 2.23 bits per heavy atom. The summed E-state index contributed by atoms with van der Waals surface area (Å²) in [5.41, 5.74) is 4.17. The van der Waals surface area contributed by atoms with Crippen LogP contribution in [-0.4, -0.2) is 24.4 Å². The summed E-state index contributed by atoms with van der Waals surface area (Å²) in [6, 6.07) is 17.9. The zero-order chi connectivity index (χ0) is 25.4. The lowest BCUT2D eigenvalue weighted by Gasteiger charge is -2.10. The summed E-state index contributed by atoms with van der Waals surface area (Å²) in [5.74, 6) is -0.101. The van der Waals surface area contributed by atoms with Crippen LogP contribution in [0.4, 0.5) is 11.4 Å². The minimum atomic E-state index is -0.643. The normalized spacial score (nSPS) is 10.4. The van der Waals surface area contributed by atoms with Crippen molar-refractivity contribution < 1.29 is 23.9 Å². The number of benzene rings is 3. The van der Waals surface area contributed by atoms with E-state index in [9.17, 15) is 14.4 Å². The van der Waals surface area contributed by atoms with Gasteiger partial charge in [-0.15, -0.1) is 0 Å². The minimum Gasteiger partial charge on any atom is -0.457 e. The third kappa shape index (κ3) is 7.86. The highest BCUT2D eigenvalue weighted by atomic mass is 35.5. The van der Waals surface area contributed by atoms with Crippen molar-refractivity contribution in [3.05, 3.63) is 82.4 Å². The molecular weight excluding hydrogens is 468 g/mol. The van der Waals surface area contributed by atoms with Gasteiger partial charge in [-0.3, -0.25) is 14.4 Å². The summed E-state index contributed by atoms with van der Waals surface area (Å²) in [6.45, 7) is 5.38. The molecule has 0 heterocycles. The molecule has 3 rings (SSSR count). The number of aryl methyl sites for hydroxylation is 2. The van der Waals surface area contributed by atoms with Gasteiger partial charge in [0, 0.05) is 22.8 Å². The Morgan fingerprint density at radius 1 is 0.800 bits per heavy atom. The van der Waals surface area contributed by atoms with Gasteiger partial charge in [0.05, 0.1) is 6.42 Å². The molecule has 0 spiro atoms. The third-order valence-electron chi connectivity index (χ3n) is 5.31. The number of amides is 2. The van der Waals surface area contributed by atoms with Gasteiger partial charge in [0.1, 0.15) is 11.5 Å². The van der Waals surface area contributed by atoms with Crippen molar-refractivity contribution in [3.63, 3.8) is 0 Å². The quantitative estimate of drug-likeness (QED) is 0.358. The number of carbonyl (C=O) groups excluding carboxylic acids is 3. The predicted octanol–water partition coefficient (Wildman–Crippen LogP) is 5.96. The Hall–Kier alpha value is -3.84. The fourth-order valence-corrected chi connectivity index (χ4v) is 3.28. The standard InChI is InChI=1S/C27H27ClN2O5/c1-17-7-10-22(15-18(17)2)35-21-11-8-20(9-12-21)29-25(31)13-14-27(33)34-16-26(32)30-24-6-4-5-23(28)19(24)3/h4-12,15H,13-14,16H2,1-3H3,(H,29,31)(H,30,32). The van der Waals surface area contributed by atoms with Gasteiger partial charge in [-0.25, -0.2) is 0 Å². The first-order valence-electron chi connectivity index (χ1n) is 11.1. The Labute approximate surface area is 209 Å². The number of ether oxygens (including phenoxy) is 2. The molecule has 0 aliphatic carbocycles. The molecule has 35 heavy (non-hydrogen) atoms. The molecule has 0 aliphatic rings. The number of halogens is 1. The van der Waals surface area contributed by atoms with Crippen molar-refractivity contribution in [2.45, 2.75) is 33.6 Å². The number of carbonyl (C=O) groups is 3. The van der Waals surface area contributed by atoms with Crippen LogP contribution in [0.3, 0.4) is 0 Å². The first-order chi connectivity index (χ1) is 16.7. The van der Waals surface area contributed by atoms with E-state index in [2.05, 4.69) is 10.6 Å². The van der Waals surface area contributed by atoms with Crippen LogP contribution in [0.2, 0.25) is 5.02 Å². The van der Waals surface area contributed by atoms with E-state index in [1.165, 1.54) is 5.56 Å². The lowest BCUT2D eigenvalue weighted by Crippen LogP contribution is -2.22. The molecule has 2 N–H and O–H groups in total. The smallest absolute Gasteiger partial charge is 0.306 e. The van der Waals surface area contributed by atoms with Crippen LogP contribution in [0.1, 0.15) is 29.5 Å². The molecule has 182 valence electrons. The molecule has 7 nitrogen and oxygen atoms in total. The second kappa shape index (κ2) is 12.0. The zero-order valence-corrected chi connectivity index (χ0v) is 20.6. The van der Waals surface area contributed by atoms with Gasteiger partial charge in [-0.1, -0.05) is 23.7 Å². The van der Waals surface area contributed by atoms with E-state index in [0.717, 1.165) is 16.9 Å². The summed E-state index contributed by atoms with van der Waals surface area (Å²) in [6.07, 6.45) is -0.224. The largest absolute Gasteiger partial charge is 0.457 e. The third-order valence-corrected chi connectivity index (χ3v) is 5.72. The monoisotopic (exact) mass is 494 g/mol. The molecule has 0 unspecified atom stereocenters. The van der Waals surface area contributed by atoms with Crippen molar-refractivity contribution in [2.24, 2.45) is 0 Å². The van der Waals surface area contributed by atoms with Crippen molar-refractivity contribution >= 4 is 40.8 Å². The molecule has 8 heteroatoms. The van der Waals surface area contributed by atoms with Crippen molar-refractivity contribution in [1.29, 1.82) is 0 Å². The maximum atomic E-state index is 12.2. The molecule has 3 aromatic rings. The van der Waals surface area contributed by atoms with Gasteiger partial charge in [0.2, 0.25) is 5.91 Å². The van der Waals surface area contributed by atoms with Crippen LogP contribution in [0.15, 0.2) is 60.7 Å². The topological polar surface area (TPSA) is 93.7 Å². The van der Waals surface area contributed by atoms with E-state index >= 15 is 0 Å². The zero-order valence-electron chi connectivity index (χ0n) is 19.8. The molecule has 2 amide bonds. The Balaban J connectivity index is 1.39. The highest BCUT2D eigenvalue weighted by molar-refractivity contribution is 6.31. The summed E-state index contributed by atoms with van der Waals surface area (Å²) < 4.78 is 10.8. The van der Waals surface area contributed by atoms with Crippen LogP contribution in [0.25, 0.3) is 0 Å². The molecule has 0 fully saturated rings. The van der Waals surface area contributed by atoms with Crippen LogP contribution in [-0.2, 0) is 19.1 Å². The number of hydrogen-bond donors (Lipinski definition) is 2. The predicted molar refractivity (Wildman–Crippen MR) is 136 cm³/mol. The van der Waals surface area contributed by atoms with Gasteiger partial charge in [0.15, 0.2) is 6.61 Å². The van der Waals surface area contributed by atoms with Crippen LogP contribution >= 0.6 is 11.6 Å². The van der Waals surface area contributed by atoms with Crippen molar-refractivity contribution in [3.8, 4) is 11.5 Å². The fraction of sp³-hybridized carbons (Fsp3) is 0.222. The van der Waals surface area contributed by atoms with Crippen LogP contribution in [0.5, 0.6) is 11.5 Å². The van der Waals surface area contributed by atoms with Crippen molar-refractivity contribution in [1.82, 2.24) is 0 Å². The van der Waals surface area contributed by atoms with E-state index in [-0.39, 0.29) is 18.7 Å². The molecule has 0 atom stereocenters. The van der Waals surface area contributed by atoms with Crippen LogP contribution in [0, 0.1) is 20.8 Å². The molecule has 0 aliphatic heterocycles. The number of esters is 1. The summed E-state index contributed by atoms with van der Waals surface area (Å²) in [7, 11) is 0. The lowest BCUT2D eigenvalue weighted by atomic mass is 10.1. The van der Waals surface area contributed by atoms with E-state index in [0.29, 0.717) is 22.1 Å². The molecule has 0 radical (unpaired) electrons. The van der Waals surface area contributed by atoms with E-state index in [4.69, 9.17) is 21.1 Å². The Kier molecular flexibility index (Phi) is 8.86. The molecule has 0 saturated heterocycles. The van der Waals surface area contributed by atoms with E-state index in [1.807, 2.05) is 32.0 Å². The van der Waals surface area contributed by atoms with E-state index < -0.39 is 18.5 Å². The average molecular weight is 495 g/mol. The molecular formula is C27H27ClN2O5. The molecule has 3 aromatic carbocycles. The first-order valence-corrected chi connectivity index (χ1v) is 11.4. The Bertz CT molecular complexity index is 1220. The van der Waals surface area contributed by atoms with E-state index in [1.54, 1.807) is 49.4 Å². The maximum Gasteiger partial charge on any atom is 0.306 e. The van der Waals surface area contributed by atoms with Gasteiger partial charge in [0.25, 0.3) is 5.91 Å². The highest BCUT2D eigenvalue weighted by Gasteiger charge is 2.12. The van der Waals surface area contributed by atoms with Gasteiger partial charge in [-0.2, -0.15) is 0 Å². The fourth-order valence-electron chi connectivity index (χ4n) is 3.11. The Morgan fingerprint density at radius 2 is 1.51 bits per heavy atom. The first kappa shape index (κ1) is 25.8. The lowest BCUT2D eigenvalue weighted by molar-refractivity contribution is -0.147.